The molecule has 0 saturated heterocycles. The molecule has 0 bridgehead atoms. The van der Waals surface area contributed by atoms with E-state index in [1.807, 2.05) is 0 Å². The van der Waals surface area contributed by atoms with Crippen LogP contribution in [0.1, 0.15) is 0 Å². The van der Waals surface area contributed by atoms with Crippen molar-refractivity contribution >= 4 is 27.5 Å². The highest BCUT2D eigenvalue weighted by Crippen LogP contribution is 2.32. The molecule has 3 aromatic rings. The van der Waals surface area contributed by atoms with Gasteiger partial charge < -0.3 is 9.63 Å². The van der Waals surface area contributed by atoms with Crippen molar-refractivity contribution < 1.29 is 14.0 Å². The Bertz CT molecular complexity index is 822. The second-order valence-corrected chi connectivity index (χ2v) is 5.54. The minimum Gasteiger partial charge on any atom is -0.507 e. The van der Waals surface area contributed by atoms with Crippen molar-refractivity contribution in [1.29, 1.82) is 0 Å². The number of nitrogens with zero attached hydrogens (tertiary/aromatic N) is 2. The molecule has 4 nitrogen and oxygen atoms in total. The molecular formula is C14H7BrClFN2O2. The molecule has 0 spiro atoms. The number of phenolic OH excluding ortho intramolecular Hbond substituents is 1. The van der Waals surface area contributed by atoms with Gasteiger partial charge in [0.15, 0.2) is 0 Å². The summed E-state index contributed by atoms with van der Waals surface area (Å²) in [5, 5.41) is 13.6. The highest BCUT2D eigenvalue weighted by molar-refractivity contribution is 9.10. The van der Waals surface area contributed by atoms with Crippen LogP contribution in [0, 0.1) is 5.82 Å². The number of benzene rings is 2. The fraction of sp³-hybridized carbons (Fsp3) is 0. The van der Waals surface area contributed by atoms with Crippen LogP contribution < -0.4 is 0 Å². The fourth-order valence-electron chi connectivity index (χ4n) is 1.76. The molecule has 1 N–H and O–H groups in total. The molecule has 0 radical (unpaired) electrons. The van der Waals surface area contributed by atoms with Gasteiger partial charge in [0.2, 0.25) is 5.82 Å². The Morgan fingerprint density at radius 3 is 2.76 bits per heavy atom. The summed E-state index contributed by atoms with van der Waals surface area (Å²) in [7, 11) is 0. The van der Waals surface area contributed by atoms with E-state index in [2.05, 4.69) is 26.1 Å². The monoisotopic (exact) mass is 368 g/mol. The maximum Gasteiger partial charge on any atom is 0.262 e. The summed E-state index contributed by atoms with van der Waals surface area (Å²) in [5.74, 6) is -0.0881. The van der Waals surface area contributed by atoms with Crippen LogP contribution in [0.2, 0.25) is 5.02 Å². The Hall–Kier alpha value is -1.92. The first kappa shape index (κ1) is 14.0. The average Bonchev–Trinajstić information content (AvgIpc) is 2.94. The van der Waals surface area contributed by atoms with Crippen LogP contribution in [0.3, 0.4) is 0 Å². The molecule has 0 aliphatic rings. The predicted molar refractivity (Wildman–Crippen MR) is 79.5 cm³/mol. The molecule has 3 rings (SSSR count). The van der Waals surface area contributed by atoms with Gasteiger partial charge in [-0.15, -0.1) is 0 Å². The molecule has 0 unspecified atom stereocenters. The third-order valence-electron chi connectivity index (χ3n) is 2.79. The van der Waals surface area contributed by atoms with Gasteiger partial charge >= 0.3 is 0 Å². The molecule has 1 aromatic heterocycles. The normalized spacial score (nSPS) is 10.8. The lowest BCUT2D eigenvalue weighted by molar-refractivity contribution is 0.425. The molecule has 0 aliphatic carbocycles. The predicted octanol–water partition coefficient (Wildman–Crippen LogP) is 4.66. The summed E-state index contributed by atoms with van der Waals surface area (Å²) in [6.07, 6.45) is 0. The maximum atomic E-state index is 13.1. The quantitative estimate of drug-likeness (QED) is 0.713. The summed E-state index contributed by atoms with van der Waals surface area (Å²) in [5.41, 5.74) is 0.919. The summed E-state index contributed by atoms with van der Waals surface area (Å²) in [6.45, 7) is 0. The van der Waals surface area contributed by atoms with E-state index < -0.39 is 5.82 Å². The van der Waals surface area contributed by atoms with Gasteiger partial charge in [0.25, 0.3) is 5.89 Å². The molecule has 2 aromatic carbocycles. The third-order valence-corrected chi connectivity index (χ3v) is 3.58. The van der Waals surface area contributed by atoms with Crippen LogP contribution in [-0.4, -0.2) is 15.2 Å². The Labute approximate surface area is 132 Å². The van der Waals surface area contributed by atoms with E-state index in [-0.39, 0.29) is 22.5 Å². The number of hydrogen-bond donors (Lipinski definition) is 1. The van der Waals surface area contributed by atoms with Crippen LogP contribution in [0.5, 0.6) is 5.75 Å². The summed E-state index contributed by atoms with van der Waals surface area (Å²) < 4.78 is 19.0. The van der Waals surface area contributed by atoms with Gasteiger partial charge in [-0.3, -0.25) is 0 Å². The third kappa shape index (κ3) is 2.77. The van der Waals surface area contributed by atoms with E-state index in [9.17, 15) is 9.50 Å². The molecule has 0 atom stereocenters. The molecule has 7 heteroatoms. The Kier molecular flexibility index (Phi) is 3.65. The maximum absolute atomic E-state index is 13.1. The average molecular weight is 370 g/mol. The van der Waals surface area contributed by atoms with Crippen molar-refractivity contribution in [3.63, 3.8) is 0 Å². The van der Waals surface area contributed by atoms with Gasteiger partial charge in [-0.25, -0.2) is 4.39 Å². The van der Waals surface area contributed by atoms with Crippen LogP contribution in [0.4, 0.5) is 4.39 Å². The zero-order chi connectivity index (χ0) is 15.0. The molecule has 0 fully saturated rings. The lowest BCUT2D eigenvalue weighted by Crippen LogP contribution is -1.84. The zero-order valence-corrected chi connectivity index (χ0v) is 12.7. The van der Waals surface area contributed by atoms with Gasteiger partial charge in [-0.05, 0) is 36.4 Å². The van der Waals surface area contributed by atoms with E-state index >= 15 is 0 Å². The largest absolute Gasteiger partial charge is 0.507 e. The van der Waals surface area contributed by atoms with Crippen molar-refractivity contribution in [3.05, 3.63) is 51.7 Å². The van der Waals surface area contributed by atoms with Crippen LogP contribution >= 0.6 is 27.5 Å². The molecule has 0 aliphatic heterocycles. The molecule has 0 amide bonds. The lowest BCUT2D eigenvalue weighted by Gasteiger charge is -1.99. The van der Waals surface area contributed by atoms with Crippen molar-refractivity contribution in [2.45, 2.75) is 0 Å². The first-order chi connectivity index (χ1) is 10.0. The highest BCUT2D eigenvalue weighted by Gasteiger charge is 2.15. The summed E-state index contributed by atoms with van der Waals surface area (Å²) >= 11 is 9.03. The Morgan fingerprint density at radius 1 is 1.19 bits per heavy atom. The number of halogens is 3. The summed E-state index contributed by atoms with van der Waals surface area (Å²) in [4.78, 5) is 4.18. The van der Waals surface area contributed by atoms with Gasteiger partial charge in [-0.1, -0.05) is 32.7 Å². The van der Waals surface area contributed by atoms with Crippen molar-refractivity contribution in [2.75, 3.05) is 0 Å². The number of rotatable bonds is 2. The number of phenols is 1. The van der Waals surface area contributed by atoms with Gasteiger partial charge in [0.05, 0.1) is 10.6 Å². The van der Waals surface area contributed by atoms with E-state index in [1.54, 1.807) is 12.1 Å². The van der Waals surface area contributed by atoms with E-state index in [0.717, 1.165) is 4.47 Å². The van der Waals surface area contributed by atoms with Crippen molar-refractivity contribution in [1.82, 2.24) is 10.1 Å². The highest BCUT2D eigenvalue weighted by atomic mass is 79.9. The second kappa shape index (κ2) is 5.46. The van der Waals surface area contributed by atoms with Gasteiger partial charge in [-0.2, -0.15) is 4.98 Å². The van der Waals surface area contributed by atoms with E-state index in [0.29, 0.717) is 11.1 Å². The topological polar surface area (TPSA) is 59.2 Å². The number of aromatic hydroxyl groups is 1. The molecule has 0 saturated carbocycles. The van der Waals surface area contributed by atoms with Crippen LogP contribution in [0.25, 0.3) is 22.8 Å². The Morgan fingerprint density at radius 2 is 2.00 bits per heavy atom. The van der Waals surface area contributed by atoms with E-state index in [1.165, 1.54) is 24.3 Å². The number of hydrogen-bond acceptors (Lipinski definition) is 4. The van der Waals surface area contributed by atoms with Crippen LogP contribution in [-0.2, 0) is 0 Å². The fourth-order valence-corrected chi connectivity index (χ4v) is 2.31. The zero-order valence-electron chi connectivity index (χ0n) is 10.3. The molecule has 106 valence electrons. The smallest absolute Gasteiger partial charge is 0.262 e. The standard InChI is InChI=1S/C14H7BrClFN2O2/c15-8-2-4-12(20)9(6-8)14-18-13(19-21-14)7-1-3-11(17)10(16)5-7/h1-6,20H. The number of aromatic nitrogens is 2. The molecular weight excluding hydrogens is 363 g/mol. The molecule has 21 heavy (non-hydrogen) atoms. The van der Waals surface area contributed by atoms with Crippen LogP contribution in [0.15, 0.2) is 45.4 Å². The first-order valence-corrected chi connectivity index (χ1v) is 7.00. The minimum absolute atomic E-state index is 0.0190. The van der Waals surface area contributed by atoms with Crippen molar-refractivity contribution in [3.8, 4) is 28.6 Å². The molecule has 1 heterocycles. The van der Waals surface area contributed by atoms with E-state index in [4.69, 9.17) is 16.1 Å². The first-order valence-electron chi connectivity index (χ1n) is 5.82. The lowest BCUT2D eigenvalue weighted by atomic mass is 10.2. The van der Waals surface area contributed by atoms with Gasteiger partial charge in [0, 0.05) is 10.0 Å². The minimum atomic E-state index is -0.520. The van der Waals surface area contributed by atoms with Gasteiger partial charge in [0.1, 0.15) is 11.6 Å². The second-order valence-electron chi connectivity index (χ2n) is 4.21. The SMILES string of the molecule is Oc1ccc(Br)cc1-c1nc(-c2ccc(F)c(Cl)c2)no1. The van der Waals surface area contributed by atoms with Crippen molar-refractivity contribution in [2.24, 2.45) is 0 Å². The Balaban J connectivity index is 2.03. The summed E-state index contributed by atoms with van der Waals surface area (Å²) in [6, 6.07) is 8.99.